The molecule has 1 aromatic carbocycles. The van der Waals surface area contributed by atoms with Gasteiger partial charge in [0.25, 0.3) is 0 Å². The van der Waals surface area contributed by atoms with Crippen molar-refractivity contribution in [3.05, 3.63) is 29.8 Å². The average Bonchev–Trinajstić information content (AvgIpc) is 2.29. The lowest BCUT2D eigenvalue weighted by molar-refractivity contribution is 0.238. The van der Waals surface area contributed by atoms with Crippen molar-refractivity contribution in [3.63, 3.8) is 0 Å². The van der Waals surface area contributed by atoms with Gasteiger partial charge in [-0.3, -0.25) is 0 Å². The van der Waals surface area contributed by atoms with Crippen molar-refractivity contribution in [3.8, 4) is 5.75 Å². The van der Waals surface area contributed by atoms with Crippen LogP contribution in [0.4, 0.5) is 0 Å². The summed E-state index contributed by atoms with van der Waals surface area (Å²) in [5.74, 6) is 1.60. The molecule has 0 unspecified atom stereocenters. The predicted octanol–water partition coefficient (Wildman–Crippen LogP) is 3.47. The molecular formula is C15H25NO. The van der Waals surface area contributed by atoms with E-state index < -0.39 is 0 Å². The number of methoxy groups -OCH3 is 1. The van der Waals surface area contributed by atoms with E-state index in [9.17, 15) is 0 Å². The maximum atomic E-state index is 5.21. The lowest BCUT2D eigenvalue weighted by Crippen LogP contribution is -2.33. The smallest absolute Gasteiger partial charge is 0.119 e. The van der Waals surface area contributed by atoms with Crippen LogP contribution in [0.5, 0.6) is 5.75 Å². The van der Waals surface area contributed by atoms with Gasteiger partial charge in [0.05, 0.1) is 7.11 Å². The maximum absolute atomic E-state index is 5.21. The monoisotopic (exact) mass is 235 g/mol. The topological polar surface area (TPSA) is 21.3 Å². The fraction of sp³-hybridized carbons (Fsp3) is 0.600. The highest BCUT2D eigenvalue weighted by Crippen LogP contribution is 2.24. The molecule has 0 aromatic heterocycles. The quantitative estimate of drug-likeness (QED) is 0.815. The first-order valence-electron chi connectivity index (χ1n) is 6.29. The third-order valence-corrected chi connectivity index (χ3v) is 3.61. The van der Waals surface area contributed by atoms with Gasteiger partial charge in [-0.25, -0.2) is 0 Å². The zero-order valence-corrected chi connectivity index (χ0v) is 11.7. The lowest BCUT2D eigenvalue weighted by atomic mass is 9.81. The van der Waals surface area contributed by atoms with Crippen molar-refractivity contribution in [1.82, 2.24) is 5.32 Å². The van der Waals surface area contributed by atoms with Crippen molar-refractivity contribution in [1.29, 1.82) is 0 Å². The van der Waals surface area contributed by atoms with Crippen LogP contribution in [0.3, 0.4) is 0 Å². The van der Waals surface area contributed by atoms with E-state index in [1.54, 1.807) is 7.11 Å². The van der Waals surface area contributed by atoms with E-state index in [0.717, 1.165) is 18.8 Å². The Morgan fingerprint density at radius 1 is 1.29 bits per heavy atom. The van der Waals surface area contributed by atoms with Crippen LogP contribution in [0.25, 0.3) is 0 Å². The molecule has 0 aliphatic heterocycles. The molecule has 0 fully saturated rings. The van der Waals surface area contributed by atoms with Gasteiger partial charge >= 0.3 is 0 Å². The Kier molecular flexibility index (Phi) is 5.01. The molecule has 2 nitrogen and oxygen atoms in total. The van der Waals surface area contributed by atoms with E-state index >= 15 is 0 Å². The number of hydrogen-bond acceptors (Lipinski definition) is 2. The van der Waals surface area contributed by atoms with E-state index in [1.807, 2.05) is 12.1 Å². The summed E-state index contributed by atoms with van der Waals surface area (Å²) in [6.45, 7) is 11.1. The van der Waals surface area contributed by atoms with E-state index in [2.05, 4.69) is 45.1 Å². The van der Waals surface area contributed by atoms with Crippen molar-refractivity contribution in [2.75, 3.05) is 13.7 Å². The van der Waals surface area contributed by atoms with Gasteiger partial charge in [-0.2, -0.15) is 0 Å². The third kappa shape index (κ3) is 4.39. The van der Waals surface area contributed by atoms with Crippen LogP contribution in [0.15, 0.2) is 24.3 Å². The van der Waals surface area contributed by atoms with Crippen LogP contribution in [0.1, 0.15) is 33.3 Å². The van der Waals surface area contributed by atoms with E-state index in [4.69, 9.17) is 4.74 Å². The Balaban J connectivity index is 2.45. The molecule has 0 amide bonds. The van der Waals surface area contributed by atoms with Crippen LogP contribution in [-0.2, 0) is 6.54 Å². The molecule has 2 heteroatoms. The fourth-order valence-corrected chi connectivity index (χ4v) is 1.52. The minimum atomic E-state index is 0.332. The highest BCUT2D eigenvalue weighted by molar-refractivity contribution is 5.28. The third-order valence-electron chi connectivity index (χ3n) is 3.61. The summed E-state index contributed by atoms with van der Waals surface area (Å²) in [6, 6.07) is 8.21. The summed E-state index contributed by atoms with van der Waals surface area (Å²) >= 11 is 0. The first-order valence-corrected chi connectivity index (χ1v) is 6.29. The maximum Gasteiger partial charge on any atom is 0.119 e. The Labute approximate surface area is 105 Å². The van der Waals surface area contributed by atoms with Crippen LogP contribution in [0.2, 0.25) is 0 Å². The van der Waals surface area contributed by atoms with Crippen molar-refractivity contribution in [2.45, 2.75) is 34.2 Å². The van der Waals surface area contributed by atoms with Crippen molar-refractivity contribution in [2.24, 2.45) is 11.3 Å². The molecular weight excluding hydrogens is 210 g/mol. The number of ether oxygens (including phenoxy) is 1. The summed E-state index contributed by atoms with van der Waals surface area (Å²) in [5.41, 5.74) is 1.60. The molecule has 1 aromatic rings. The van der Waals surface area contributed by atoms with Crippen LogP contribution in [0, 0.1) is 11.3 Å². The molecule has 0 bridgehead atoms. The Hall–Kier alpha value is -1.02. The normalized spacial score (nSPS) is 11.9. The lowest BCUT2D eigenvalue weighted by Gasteiger charge is -2.29. The number of rotatable bonds is 6. The Morgan fingerprint density at radius 2 is 2.00 bits per heavy atom. The second-order valence-corrected chi connectivity index (χ2v) is 5.60. The molecule has 0 aliphatic rings. The molecule has 0 heterocycles. The zero-order valence-electron chi connectivity index (χ0n) is 11.7. The minimum Gasteiger partial charge on any atom is -0.497 e. The van der Waals surface area contributed by atoms with E-state index in [1.165, 1.54) is 5.56 Å². The molecule has 0 saturated heterocycles. The highest BCUT2D eigenvalue weighted by Gasteiger charge is 2.21. The number of nitrogens with one attached hydrogen (secondary N) is 1. The molecule has 0 saturated carbocycles. The molecule has 0 spiro atoms. The first kappa shape index (κ1) is 14.0. The van der Waals surface area contributed by atoms with Crippen molar-refractivity contribution >= 4 is 0 Å². The molecule has 0 radical (unpaired) electrons. The van der Waals surface area contributed by atoms with Crippen LogP contribution >= 0.6 is 0 Å². The standard InChI is InChI=1S/C15H25NO/c1-12(2)15(3,4)11-16-10-13-7-6-8-14(9-13)17-5/h6-9,12,16H,10-11H2,1-5H3. The number of benzene rings is 1. The van der Waals surface area contributed by atoms with Gasteiger partial charge in [0.15, 0.2) is 0 Å². The van der Waals surface area contributed by atoms with Gasteiger partial charge in [0.2, 0.25) is 0 Å². The Morgan fingerprint density at radius 3 is 2.59 bits per heavy atom. The van der Waals surface area contributed by atoms with E-state index in [0.29, 0.717) is 11.3 Å². The zero-order chi connectivity index (χ0) is 12.9. The second kappa shape index (κ2) is 6.06. The van der Waals surface area contributed by atoms with Gasteiger partial charge < -0.3 is 10.1 Å². The van der Waals surface area contributed by atoms with Gasteiger partial charge in [-0.05, 0) is 29.0 Å². The fourth-order valence-electron chi connectivity index (χ4n) is 1.52. The summed E-state index contributed by atoms with van der Waals surface area (Å²) in [5, 5.41) is 3.52. The SMILES string of the molecule is COc1cccc(CNCC(C)(C)C(C)C)c1. The summed E-state index contributed by atoms with van der Waals surface area (Å²) < 4.78 is 5.21. The highest BCUT2D eigenvalue weighted by atomic mass is 16.5. The van der Waals surface area contributed by atoms with Crippen LogP contribution < -0.4 is 10.1 Å². The molecule has 96 valence electrons. The Bertz CT molecular complexity index is 345. The molecule has 1 rings (SSSR count). The second-order valence-electron chi connectivity index (χ2n) is 5.60. The van der Waals surface area contributed by atoms with Gasteiger partial charge in [0.1, 0.15) is 5.75 Å². The first-order chi connectivity index (χ1) is 7.95. The molecule has 1 N–H and O–H groups in total. The van der Waals surface area contributed by atoms with Gasteiger partial charge in [-0.15, -0.1) is 0 Å². The predicted molar refractivity (Wildman–Crippen MR) is 73.3 cm³/mol. The van der Waals surface area contributed by atoms with Crippen LogP contribution in [-0.4, -0.2) is 13.7 Å². The van der Waals surface area contributed by atoms with Gasteiger partial charge in [0, 0.05) is 13.1 Å². The van der Waals surface area contributed by atoms with Crippen molar-refractivity contribution < 1.29 is 4.74 Å². The number of hydrogen-bond donors (Lipinski definition) is 1. The molecule has 17 heavy (non-hydrogen) atoms. The summed E-state index contributed by atoms with van der Waals surface area (Å²) in [7, 11) is 1.70. The molecule has 0 aliphatic carbocycles. The summed E-state index contributed by atoms with van der Waals surface area (Å²) in [4.78, 5) is 0. The largest absolute Gasteiger partial charge is 0.497 e. The van der Waals surface area contributed by atoms with E-state index in [-0.39, 0.29) is 0 Å². The molecule has 0 atom stereocenters. The minimum absolute atomic E-state index is 0.332. The summed E-state index contributed by atoms with van der Waals surface area (Å²) in [6.07, 6.45) is 0. The van der Waals surface area contributed by atoms with Gasteiger partial charge in [-0.1, -0.05) is 39.8 Å². The average molecular weight is 235 g/mol.